The van der Waals surface area contributed by atoms with Crippen molar-refractivity contribution in [3.05, 3.63) is 65.5 Å². The highest BCUT2D eigenvalue weighted by atomic mass is 19.1. The number of nitrogens with one attached hydrogen (secondary N) is 1. The van der Waals surface area contributed by atoms with Crippen molar-refractivity contribution in [2.45, 2.75) is 6.92 Å². The molecule has 1 heterocycles. The second-order valence-electron chi connectivity index (χ2n) is 4.77. The summed E-state index contributed by atoms with van der Waals surface area (Å²) in [5, 5.41) is 13.1. The monoisotopic (exact) mass is 277 g/mol. The van der Waals surface area contributed by atoms with Crippen LogP contribution in [0, 0.1) is 24.1 Å². The molecule has 0 amide bonds. The molecule has 102 valence electrons. The molecule has 1 N–H and O–H groups in total. The molecule has 0 bridgehead atoms. The molecule has 3 aromatic rings. The van der Waals surface area contributed by atoms with Crippen molar-refractivity contribution in [1.29, 1.82) is 5.26 Å². The van der Waals surface area contributed by atoms with Crippen LogP contribution in [0.5, 0.6) is 0 Å². The van der Waals surface area contributed by atoms with Gasteiger partial charge < -0.3 is 5.32 Å². The van der Waals surface area contributed by atoms with Crippen LogP contribution in [0.4, 0.5) is 15.9 Å². The van der Waals surface area contributed by atoms with E-state index in [1.807, 2.05) is 24.3 Å². The minimum atomic E-state index is -0.277. The van der Waals surface area contributed by atoms with Gasteiger partial charge in [-0.2, -0.15) is 5.26 Å². The van der Waals surface area contributed by atoms with E-state index in [-0.39, 0.29) is 5.82 Å². The van der Waals surface area contributed by atoms with Gasteiger partial charge in [0, 0.05) is 11.1 Å². The number of pyridine rings is 1. The highest BCUT2D eigenvalue weighted by Crippen LogP contribution is 2.23. The Morgan fingerprint density at radius 3 is 2.71 bits per heavy atom. The fourth-order valence-corrected chi connectivity index (χ4v) is 2.15. The second-order valence-corrected chi connectivity index (χ2v) is 4.77. The lowest BCUT2D eigenvalue weighted by Gasteiger charge is -2.09. The number of benzene rings is 2. The number of aromatic nitrogens is 1. The Labute approximate surface area is 121 Å². The molecule has 0 atom stereocenters. The second kappa shape index (κ2) is 5.22. The first-order valence-corrected chi connectivity index (χ1v) is 6.50. The number of aryl methyl sites for hydroxylation is 1. The zero-order chi connectivity index (χ0) is 14.8. The third kappa shape index (κ3) is 2.54. The predicted molar refractivity (Wildman–Crippen MR) is 80.9 cm³/mol. The van der Waals surface area contributed by atoms with Crippen LogP contribution >= 0.6 is 0 Å². The van der Waals surface area contributed by atoms with E-state index in [0.29, 0.717) is 22.6 Å². The van der Waals surface area contributed by atoms with Gasteiger partial charge in [-0.25, -0.2) is 9.37 Å². The number of nitrogens with zero attached hydrogens (tertiary/aromatic N) is 2. The number of rotatable bonds is 2. The van der Waals surface area contributed by atoms with Crippen molar-refractivity contribution in [3.8, 4) is 6.07 Å². The van der Waals surface area contributed by atoms with Crippen molar-refractivity contribution in [1.82, 2.24) is 4.98 Å². The topological polar surface area (TPSA) is 48.7 Å². The van der Waals surface area contributed by atoms with E-state index in [0.717, 1.165) is 10.9 Å². The summed E-state index contributed by atoms with van der Waals surface area (Å²) < 4.78 is 13.6. The van der Waals surface area contributed by atoms with Crippen LogP contribution in [0.2, 0.25) is 0 Å². The van der Waals surface area contributed by atoms with Crippen LogP contribution in [0.25, 0.3) is 10.9 Å². The van der Waals surface area contributed by atoms with Gasteiger partial charge in [0.2, 0.25) is 0 Å². The number of fused-ring (bicyclic) bond motifs is 1. The number of nitriles is 1. The number of hydrogen-bond acceptors (Lipinski definition) is 3. The summed E-state index contributed by atoms with van der Waals surface area (Å²) in [6.45, 7) is 1.71. The lowest BCUT2D eigenvalue weighted by atomic mass is 10.1. The highest BCUT2D eigenvalue weighted by molar-refractivity contribution is 5.86. The smallest absolute Gasteiger partial charge is 0.132 e. The summed E-state index contributed by atoms with van der Waals surface area (Å²) in [6, 6.07) is 16.2. The molecule has 0 saturated heterocycles. The van der Waals surface area contributed by atoms with Gasteiger partial charge in [-0.1, -0.05) is 24.3 Å². The Bertz CT molecular complexity index is 866. The van der Waals surface area contributed by atoms with Gasteiger partial charge in [0.05, 0.1) is 17.1 Å². The van der Waals surface area contributed by atoms with Crippen LogP contribution in [-0.2, 0) is 0 Å². The lowest BCUT2D eigenvalue weighted by molar-refractivity contribution is 0.619. The summed E-state index contributed by atoms with van der Waals surface area (Å²) in [5.74, 6) is 0.245. The molecule has 1 aromatic heterocycles. The van der Waals surface area contributed by atoms with E-state index in [1.165, 1.54) is 6.07 Å². The molecule has 21 heavy (non-hydrogen) atoms. The van der Waals surface area contributed by atoms with Crippen LogP contribution in [0.15, 0.2) is 48.5 Å². The summed E-state index contributed by atoms with van der Waals surface area (Å²) in [6.07, 6.45) is 0. The molecule has 0 saturated carbocycles. The average Bonchev–Trinajstić information content (AvgIpc) is 2.50. The van der Waals surface area contributed by atoms with Crippen LogP contribution in [-0.4, -0.2) is 4.98 Å². The zero-order valence-corrected chi connectivity index (χ0v) is 11.4. The molecule has 0 fully saturated rings. The van der Waals surface area contributed by atoms with E-state index >= 15 is 0 Å². The van der Waals surface area contributed by atoms with Gasteiger partial charge >= 0.3 is 0 Å². The minimum absolute atomic E-state index is 0.277. The molecule has 0 aliphatic rings. The van der Waals surface area contributed by atoms with Crippen molar-refractivity contribution >= 4 is 22.4 Å². The Morgan fingerprint density at radius 1 is 1.14 bits per heavy atom. The summed E-state index contributed by atoms with van der Waals surface area (Å²) in [4.78, 5) is 4.45. The molecular formula is C17H12FN3. The SMILES string of the molecule is Cc1ccc(Nc2cc(C#N)c3ccccc3n2)cc1F. The molecule has 4 heteroatoms. The highest BCUT2D eigenvalue weighted by Gasteiger charge is 2.06. The Hall–Kier alpha value is -2.93. The van der Waals surface area contributed by atoms with Crippen molar-refractivity contribution < 1.29 is 4.39 Å². The van der Waals surface area contributed by atoms with Crippen LogP contribution in [0.1, 0.15) is 11.1 Å². The molecule has 0 unspecified atom stereocenters. The maximum atomic E-state index is 13.6. The molecule has 0 radical (unpaired) electrons. The van der Waals surface area contributed by atoms with E-state index in [2.05, 4.69) is 16.4 Å². The number of anilines is 2. The van der Waals surface area contributed by atoms with Gasteiger partial charge in [-0.3, -0.25) is 0 Å². The third-order valence-electron chi connectivity index (χ3n) is 3.28. The summed E-state index contributed by atoms with van der Waals surface area (Å²) in [5.41, 5.74) is 2.46. The summed E-state index contributed by atoms with van der Waals surface area (Å²) >= 11 is 0. The standard InChI is InChI=1S/C17H12FN3/c1-11-6-7-13(9-15(11)18)20-17-8-12(10-19)14-4-2-3-5-16(14)21-17/h2-9H,1H3,(H,20,21). The average molecular weight is 277 g/mol. The van der Waals surface area contributed by atoms with Gasteiger partial charge in [0.15, 0.2) is 0 Å². The first kappa shape index (κ1) is 13.1. The number of hydrogen-bond donors (Lipinski definition) is 1. The van der Waals surface area contributed by atoms with E-state index in [4.69, 9.17) is 0 Å². The largest absolute Gasteiger partial charge is 0.340 e. The van der Waals surface area contributed by atoms with Gasteiger partial charge in [0.1, 0.15) is 11.6 Å². The fourth-order valence-electron chi connectivity index (χ4n) is 2.15. The number of halogens is 1. The maximum absolute atomic E-state index is 13.6. The normalized spacial score (nSPS) is 10.3. The molecule has 3 rings (SSSR count). The molecule has 2 aromatic carbocycles. The lowest BCUT2D eigenvalue weighted by Crippen LogP contribution is -1.96. The van der Waals surface area contributed by atoms with Crippen molar-refractivity contribution in [3.63, 3.8) is 0 Å². The van der Waals surface area contributed by atoms with Crippen molar-refractivity contribution in [2.75, 3.05) is 5.32 Å². The first-order chi connectivity index (χ1) is 10.2. The Balaban J connectivity index is 2.04. The first-order valence-electron chi connectivity index (χ1n) is 6.50. The predicted octanol–water partition coefficient (Wildman–Crippen LogP) is 4.30. The molecular weight excluding hydrogens is 265 g/mol. The van der Waals surface area contributed by atoms with E-state index in [1.54, 1.807) is 25.1 Å². The minimum Gasteiger partial charge on any atom is -0.340 e. The molecule has 0 aliphatic carbocycles. The zero-order valence-electron chi connectivity index (χ0n) is 11.4. The van der Waals surface area contributed by atoms with E-state index in [9.17, 15) is 9.65 Å². The maximum Gasteiger partial charge on any atom is 0.132 e. The van der Waals surface area contributed by atoms with Crippen molar-refractivity contribution in [2.24, 2.45) is 0 Å². The Kier molecular flexibility index (Phi) is 3.25. The molecule has 0 aliphatic heterocycles. The quantitative estimate of drug-likeness (QED) is 0.759. The van der Waals surface area contributed by atoms with Crippen LogP contribution < -0.4 is 5.32 Å². The molecule has 3 nitrogen and oxygen atoms in total. The van der Waals surface area contributed by atoms with Gasteiger partial charge in [-0.15, -0.1) is 0 Å². The molecule has 0 spiro atoms. The third-order valence-corrected chi connectivity index (χ3v) is 3.28. The fraction of sp³-hybridized carbons (Fsp3) is 0.0588. The summed E-state index contributed by atoms with van der Waals surface area (Å²) in [7, 11) is 0. The van der Waals surface area contributed by atoms with E-state index < -0.39 is 0 Å². The van der Waals surface area contributed by atoms with Crippen LogP contribution in [0.3, 0.4) is 0 Å². The van der Waals surface area contributed by atoms with Gasteiger partial charge in [0.25, 0.3) is 0 Å². The number of para-hydroxylation sites is 1. The Morgan fingerprint density at radius 2 is 1.95 bits per heavy atom. The van der Waals surface area contributed by atoms with Gasteiger partial charge in [-0.05, 0) is 36.8 Å².